The van der Waals surface area contributed by atoms with Crippen LogP contribution < -0.4 is 20.9 Å². The van der Waals surface area contributed by atoms with Crippen molar-refractivity contribution >= 4 is 5.82 Å². The van der Waals surface area contributed by atoms with Gasteiger partial charge in [-0.25, -0.2) is 4.79 Å². The summed E-state index contributed by atoms with van der Waals surface area (Å²) < 4.78 is 17.9. The lowest BCUT2D eigenvalue weighted by Gasteiger charge is -2.37. The van der Waals surface area contributed by atoms with Crippen molar-refractivity contribution in [3.63, 3.8) is 0 Å². The zero-order chi connectivity index (χ0) is 27.6. The maximum atomic E-state index is 13.1. The summed E-state index contributed by atoms with van der Waals surface area (Å²) in [6.45, 7) is -0.275. The predicted molar refractivity (Wildman–Crippen MR) is 146 cm³/mol. The number of nitrogens with two attached hydrogens (primary N) is 1. The van der Waals surface area contributed by atoms with E-state index in [1.54, 1.807) is 20.4 Å². The molecule has 5 rings (SSSR count). The number of hydrogen-bond donors (Lipinski definition) is 3. The van der Waals surface area contributed by atoms with Gasteiger partial charge in [0, 0.05) is 18.2 Å². The Morgan fingerprint density at radius 2 is 1.49 bits per heavy atom. The summed E-state index contributed by atoms with van der Waals surface area (Å²) in [5, 5.41) is 20.3. The van der Waals surface area contributed by atoms with Gasteiger partial charge >= 0.3 is 5.69 Å². The minimum atomic E-state index is -1.04. The van der Waals surface area contributed by atoms with E-state index in [0.717, 1.165) is 16.7 Å². The van der Waals surface area contributed by atoms with E-state index in [0.29, 0.717) is 17.1 Å². The zero-order valence-corrected chi connectivity index (χ0v) is 21.7. The van der Waals surface area contributed by atoms with Crippen molar-refractivity contribution in [2.45, 2.75) is 30.3 Å². The molecule has 1 saturated heterocycles. The van der Waals surface area contributed by atoms with Gasteiger partial charge in [0.1, 0.15) is 23.4 Å². The van der Waals surface area contributed by atoms with Crippen LogP contribution in [0.2, 0.25) is 0 Å². The molecular weight excluding hydrogens is 498 g/mol. The first-order valence-electron chi connectivity index (χ1n) is 12.6. The van der Waals surface area contributed by atoms with Crippen LogP contribution in [0.1, 0.15) is 34.9 Å². The minimum Gasteiger partial charge on any atom is -0.497 e. The minimum absolute atomic E-state index is 0.0398. The summed E-state index contributed by atoms with van der Waals surface area (Å²) in [5.74, 6) is 1.41. The van der Waals surface area contributed by atoms with Crippen LogP contribution in [0.25, 0.3) is 0 Å². The van der Waals surface area contributed by atoms with Crippen LogP contribution in [0.5, 0.6) is 11.5 Å². The Morgan fingerprint density at radius 3 is 1.97 bits per heavy atom. The van der Waals surface area contributed by atoms with Gasteiger partial charge in [0.2, 0.25) is 0 Å². The largest absolute Gasteiger partial charge is 0.497 e. The van der Waals surface area contributed by atoms with Crippen LogP contribution in [-0.2, 0) is 10.2 Å². The first-order valence-corrected chi connectivity index (χ1v) is 12.6. The van der Waals surface area contributed by atoms with Crippen molar-refractivity contribution < 1.29 is 24.4 Å². The third-order valence-electron chi connectivity index (χ3n) is 7.28. The van der Waals surface area contributed by atoms with Crippen LogP contribution in [-0.4, -0.2) is 52.8 Å². The monoisotopic (exact) mass is 529 g/mol. The summed E-state index contributed by atoms with van der Waals surface area (Å²) in [4.78, 5) is 17.3. The second-order valence-electron chi connectivity index (χ2n) is 9.44. The van der Waals surface area contributed by atoms with E-state index in [9.17, 15) is 15.0 Å². The molecule has 0 radical (unpaired) electrons. The number of methoxy groups -OCH3 is 2. The quantitative estimate of drug-likeness (QED) is 0.297. The maximum absolute atomic E-state index is 13.1. The zero-order valence-electron chi connectivity index (χ0n) is 21.7. The second-order valence-corrected chi connectivity index (χ2v) is 9.44. The number of rotatable bonds is 8. The molecule has 1 aromatic heterocycles. The molecule has 4 aromatic rings. The van der Waals surface area contributed by atoms with E-state index in [2.05, 4.69) is 4.98 Å². The average molecular weight is 530 g/mol. The van der Waals surface area contributed by atoms with Gasteiger partial charge in [0.25, 0.3) is 0 Å². The maximum Gasteiger partial charge on any atom is 0.351 e. The van der Waals surface area contributed by atoms with Crippen molar-refractivity contribution in [2.24, 2.45) is 0 Å². The van der Waals surface area contributed by atoms with Gasteiger partial charge in [-0.3, -0.25) is 4.57 Å². The number of hydrogen-bond acceptors (Lipinski definition) is 8. The Labute approximate surface area is 226 Å². The molecule has 9 heteroatoms. The van der Waals surface area contributed by atoms with E-state index in [-0.39, 0.29) is 18.8 Å². The molecule has 0 bridgehead atoms. The smallest absolute Gasteiger partial charge is 0.351 e. The summed E-state index contributed by atoms with van der Waals surface area (Å²) in [6.07, 6.45) is -0.832. The Bertz CT molecular complexity index is 1420. The molecule has 3 aromatic carbocycles. The molecule has 9 nitrogen and oxygen atoms in total. The number of benzene rings is 3. The van der Waals surface area contributed by atoms with Crippen LogP contribution in [0.15, 0.2) is 89.9 Å². The van der Waals surface area contributed by atoms with E-state index in [4.69, 9.17) is 19.9 Å². The lowest BCUT2D eigenvalue weighted by molar-refractivity contribution is -0.0531. The van der Waals surface area contributed by atoms with Crippen molar-refractivity contribution in [1.82, 2.24) is 9.55 Å². The first kappa shape index (κ1) is 26.4. The van der Waals surface area contributed by atoms with Gasteiger partial charge in [0.05, 0.1) is 32.3 Å². The average Bonchev–Trinajstić information content (AvgIpc) is 3.35. The Balaban J connectivity index is 1.85. The van der Waals surface area contributed by atoms with Gasteiger partial charge in [-0.15, -0.1) is 0 Å². The molecule has 0 saturated carbocycles. The summed E-state index contributed by atoms with van der Waals surface area (Å²) in [6, 6.07) is 25.1. The lowest BCUT2D eigenvalue weighted by Crippen LogP contribution is -2.38. The number of nitrogen functional groups attached to an aromatic ring is 1. The highest BCUT2D eigenvalue weighted by Gasteiger charge is 2.43. The number of aliphatic hydroxyl groups excluding tert-OH is 2. The molecule has 1 aliphatic rings. The topological polar surface area (TPSA) is 129 Å². The first-order chi connectivity index (χ1) is 18.9. The molecule has 39 heavy (non-hydrogen) atoms. The lowest BCUT2D eigenvalue weighted by atomic mass is 9.65. The fourth-order valence-electron chi connectivity index (χ4n) is 5.39. The number of ether oxygens (including phenoxy) is 3. The molecule has 1 fully saturated rings. The molecule has 202 valence electrons. The summed E-state index contributed by atoms with van der Waals surface area (Å²) in [5.41, 5.74) is 7.96. The molecule has 0 unspecified atom stereocenters. The Kier molecular flexibility index (Phi) is 7.38. The summed E-state index contributed by atoms with van der Waals surface area (Å²) in [7, 11) is 3.21. The van der Waals surface area contributed by atoms with Gasteiger partial charge in [-0.1, -0.05) is 54.6 Å². The van der Waals surface area contributed by atoms with Crippen molar-refractivity contribution in [3.8, 4) is 11.5 Å². The Hall–Kier alpha value is -4.18. The van der Waals surface area contributed by atoms with Crippen molar-refractivity contribution in [1.29, 1.82) is 0 Å². The summed E-state index contributed by atoms with van der Waals surface area (Å²) >= 11 is 0. The molecule has 2 heterocycles. The Morgan fingerprint density at radius 1 is 0.949 bits per heavy atom. The van der Waals surface area contributed by atoms with Gasteiger partial charge in [-0.2, -0.15) is 4.98 Å². The highest BCUT2D eigenvalue weighted by molar-refractivity contribution is 5.65. The molecule has 0 spiro atoms. The molecule has 4 N–H and O–H groups in total. The fraction of sp³-hybridized carbons (Fsp3) is 0.267. The number of aromatic nitrogens is 2. The molecular formula is C30H31N3O6. The van der Waals surface area contributed by atoms with E-state index >= 15 is 0 Å². The third-order valence-corrected chi connectivity index (χ3v) is 7.28. The fourth-order valence-corrected chi connectivity index (χ4v) is 5.39. The van der Waals surface area contributed by atoms with E-state index in [1.807, 2.05) is 78.9 Å². The van der Waals surface area contributed by atoms with Crippen LogP contribution >= 0.6 is 0 Å². The highest BCUT2D eigenvalue weighted by atomic mass is 16.5. The van der Waals surface area contributed by atoms with Crippen LogP contribution in [0, 0.1) is 0 Å². The molecule has 1 aliphatic heterocycles. The van der Waals surface area contributed by atoms with Gasteiger partial charge in [-0.05, 0) is 41.0 Å². The second kappa shape index (κ2) is 10.9. The van der Waals surface area contributed by atoms with Crippen LogP contribution in [0.4, 0.5) is 5.82 Å². The number of aliphatic hydroxyl groups is 2. The third kappa shape index (κ3) is 4.65. The molecule has 3 atom stereocenters. The van der Waals surface area contributed by atoms with E-state index < -0.39 is 29.5 Å². The SMILES string of the molecule is COc1ccc(C(c2ccccc2)(c2ccc(OC)cc2)c2cn([C@@H]3O[C@H](CO)C[C@@H]3O)c(=O)nc2N)cc1. The standard InChI is InChI=1S/C30H31N3O6/c1-37-22-12-8-20(9-13-22)30(19-6-4-3-5-7-19,21-10-14-23(38-2)15-11-21)25-17-33(29(36)32-27(25)31)28-26(35)16-24(18-34)39-28/h3-15,17,24,26,28,34-35H,16,18H2,1-2H3,(H2,31,32,36)/t24-,26-,28+/m0/s1. The number of anilines is 1. The predicted octanol–water partition coefficient (Wildman–Crippen LogP) is 2.87. The van der Waals surface area contributed by atoms with Gasteiger partial charge < -0.3 is 30.2 Å². The van der Waals surface area contributed by atoms with Crippen molar-refractivity contribution in [3.05, 3.63) is 118 Å². The molecule has 0 amide bonds. The molecule has 0 aliphatic carbocycles. The number of nitrogens with zero attached hydrogens (tertiary/aromatic N) is 2. The van der Waals surface area contributed by atoms with Gasteiger partial charge in [0.15, 0.2) is 6.23 Å². The highest BCUT2D eigenvalue weighted by Crippen LogP contribution is 2.47. The van der Waals surface area contributed by atoms with Crippen molar-refractivity contribution in [2.75, 3.05) is 26.6 Å². The normalized spacial score (nSPS) is 19.1. The van der Waals surface area contributed by atoms with E-state index in [1.165, 1.54) is 4.57 Å². The van der Waals surface area contributed by atoms with Crippen LogP contribution in [0.3, 0.4) is 0 Å².